The van der Waals surface area contributed by atoms with Gasteiger partial charge in [0.05, 0.1) is 0 Å². The molecular formula is C16H19N3. The highest BCUT2D eigenvalue weighted by atomic mass is 15.1. The van der Waals surface area contributed by atoms with Crippen molar-refractivity contribution in [3.8, 4) is 0 Å². The Morgan fingerprint density at radius 3 is 2.63 bits per heavy atom. The predicted molar refractivity (Wildman–Crippen MR) is 75.6 cm³/mol. The van der Waals surface area contributed by atoms with E-state index >= 15 is 0 Å². The molecule has 0 saturated carbocycles. The minimum atomic E-state index is 0.784. The van der Waals surface area contributed by atoms with Crippen molar-refractivity contribution in [2.24, 2.45) is 5.92 Å². The third kappa shape index (κ3) is 3.38. The highest BCUT2D eigenvalue weighted by Crippen LogP contribution is 2.22. The number of hydrogen-bond acceptors (Lipinski definition) is 3. The van der Waals surface area contributed by atoms with Crippen LogP contribution in [0, 0.1) is 5.92 Å². The molecule has 0 amide bonds. The number of nitrogens with zero attached hydrogens (tertiary/aromatic N) is 3. The van der Waals surface area contributed by atoms with Crippen LogP contribution in [-0.2, 0) is 13.0 Å². The lowest BCUT2D eigenvalue weighted by molar-refractivity contribution is 0.315. The maximum atomic E-state index is 4.08. The molecule has 1 aliphatic heterocycles. The van der Waals surface area contributed by atoms with Crippen molar-refractivity contribution in [2.75, 3.05) is 13.1 Å². The molecule has 98 valence electrons. The van der Waals surface area contributed by atoms with E-state index in [9.17, 15) is 0 Å². The van der Waals surface area contributed by atoms with E-state index in [4.69, 9.17) is 0 Å². The molecule has 1 saturated heterocycles. The van der Waals surface area contributed by atoms with Gasteiger partial charge in [-0.1, -0.05) is 30.3 Å². The molecule has 1 atom stereocenters. The lowest BCUT2D eigenvalue weighted by atomic mass is 9.99. The van der Waals surface area contributed by atoms with Crippen molar-refractivity contribution in [3.63, 3.8) is 0 Å². The minimum Gasteiger partial charge on any atom is -0.299 e. The van der Waals surface area contributed by atoms with Crippen LogP contribution in [0.4, 0.5) is 0 Å². The SMILES string of the molecule is c1ccc(CC2CCN(Cc3cncnc3)C2)cc1. The Kier molecular flexibility index (Phi) is 3.84. The number of rotatable bonds is 4. The van der Waals surface area contributed by atoms with Crippen molar-refractivity contribution in [2.45, 2.75) is 19.4 Å². The van der Waals surface area contributed by atoms with Gasteiger partial charge in [-0.15, -0.1) is 0 Å². The molecule has 3 heteroatoms. The van der Waals surface area contributed by atoms with E-state index < -0.39 is 0 Å². The lowest BCUT2D eigenvalue weighted by Gasteiger charge is -2.15. The van der Waals surface area contributed by atoms with Gasteiger partial charge in [0, 0.05) is 31.0 Å². The van der Waals surface area contributed by atoms with Gasteiger partial charge in [-0.3, -0.25) is 4.90 Å². The van der Waals surface area contributed by atoms with Gasteiger partial charge < -0.3 is 0 Å². The van der Waals surface area contributed by atoms with E-state index in [-0.39, 0.29) is 0 Å². The molecule has 1 unspecified atom stereocenters. The van der Waals surface area contributed by atoms with E-state index in [2.05, 4.69) is 45.2 Å². The van der Waals surface area contributed by atoms with Crippen LogP contribution < -0.4 is 0 Å². The Bertz CT molecular complexity index is 450. The summed E-state index contributed by atoms with van der Waals surface area (Å²) in [5.41, 5.74) is 2.67. The average molecular weight is 253 g/mol. The molecule has 2 aromatic rings. The fourth-order valence-electron chi connectivity index (χ4n) is 2.84. The number of benzene rings is 1. The molecule has 1 aliphatic rings. The predicted octanol–water partition coefficient (Wildman–Crippen LogP) is 2.54. The van der Waals surface area contributed by atoms with Crippen LogP contribution in [0.25, 0.3) is 0 Å². The second kappa shape index (κ2) is 5.93. The largest absolute Gasteiger partial charge is 0.299 e. The first kappa shape index (κ1) is 12.3. The molecule has 0 radical (unpaired) electrons. The Labute approximate surface area is 114 Å². The molecule has 1 aromatic carbocycles. The highest BCUT2D eigenvalue weighted by Gasteiger charge is 2.22. The number of hydrogen-bond donors (Lipinski definition) is 0. The second-order valence-corrected chi connectivity index (χ2v) is 5.33. The second-order valence-electron chi connectivity index (χ2n) is 5.33. The van der Waals surface area contributed by atoms with Crippen molar-refractivity contribution in [3.05, 3.63) is 60.2 Å². The van der Waals surface area contributed by atoms with Gasteiger partial charge in [0.15, 0.2) is 0 Å². The van der Waals surface area contributed by atoms with Crippen molar-refractivity contribution >= 4 is 0 Å². The normalized spacial score (nSPS) is 19.7. The zero-order chi connectivity index (χ0) is 12.9. The molecule has 19 heavy (non-hydrogen) atoms. The third-order valence-corrected chi connectivity index (χ3v) is 3.76. The molecule has 1 fully saturated rings. The van der Waals surface area contributed by atoms with E-state index in [1.54, 1.807) is 6.33 Å². The Morgan fingerprint density at radius 1 is 1.05 bits per heavy atom. The quantitative estimate of drug-likeness (QED) is 0.838. The van der Waals surface area contributed by atoms with Gasteiger partial charge in [0.2, 0.25) is 0 Å². The molecule has 0 N–H and O–H groups in total. The summed E-state index contributed by atoms with van der Waals surface area (Å²) < 4.78 is 0. The first-order valence-corrected chi connectivity index (χ1v) is 6.90. The molecule has 0 aliphatic carbocycles. The number of likely N-dealkylation sites (tertiary alicyclic amines) is 1. The zero-order valence-electron chi connectivity index (χ0n) is 11.1. The van der Waals surface area contributed by atoms with Crippen molar-refractivity contribution in [1.82, 2.24) is 14.9 Å². The standard InChI is InChI=1S/C16H19N3/c1-2-4-14(5-3-1)8-15-6-7-19(11-15)12-16-9-17-13-18-10-16/h1-5,9-10,13,15H,6-8,11-12H2. The molecular weight excluding hydrogens is 234 g/mol. The summed E-state index contributed by atoms with van der Waals surface area (Å²) in [6.45, 7) is 3.35. The lowest BCUT2D eigenvalue weighted by Crippen LogP contribution is -2.20. The number of aromatic nitrogens is 2. The Morgan fingerprint density at radius 2 is 1.84 bits per heavy atom. The first-order chi connectivity index (χ1) is 9.40. The summed E-state index contributed by atoms with van der Waals surface area (Å²) >= 11 is 0. The summed E-state index contributed by atoms with van der Waals surface area (Å²) in [5, 5.41) is 0. The molecule has 3 nitrogen and oxygen atoms in total. The zero-order valence-corrected chi connectivity index (χ0v) is 11.1. The summed E-state index contributed by atoms with van der Waals surface area (Å²) in [7, 11) is 0. The third-order valence-electron chi connectivity index (χ3n) is 3.76. The van der Waals surface area contributed by atoms with Gasteiger partial charge >= 0.3 is 0 Å². The van der Waals surface area contributed by atoms with Gasteiger partial charge in [-0.05, 0) is 30.9 Å². The van der Waals surface area contributed by atoms with Crippen LogP contribution in [0.3, 0.4) is 0 Å². The minimum absolute atomic E-state index is 0.784. The highest BCUT2D eigenvalue weighted by molar-refractivity contribution is 5.15. The van der Waals surface area contributed by atoms with Gasteiger partial charge in [-0.25, -0.2) is 9.97 Å². The van der Waals surface area contributed by atoms with Crippen molar-refractivity contribution < 1.29 is 0 Å². The summed E-state index contributed by atoms with van der Waals surface area (Å²) in [5.74, 6) is 0.784. The van der Waals surface area contributed by atoms with Crippen LogP contribution in [-0.4, -0.2) is 28.0 Å². The van der Waals surface area contributed by atoms with E-state index in [0.29, 0.717) is 0 Å². The van der Waals surface area contributed by atoms with E-state index in [1.165, 1.54) is 37.1 Å². The maximum absolute atomic E-state index is 4.08. The summed E-state index contributed by atoms with van der Waals surface area (Å²) in [6.07, 6.45) is 7.91. The fraction of sp³-hybridized carbons (Fsp3) is 0.375. The van der Waals surface area contributed by atoms with Crippen LogP contribution in [0.5, 0.6) is 0 Å². The van der Waals surface area contributed by atoms with Gasteiger partial charge in [0.1, 0.15) is 6.33 Å². The van der Waals surface area contributed by atoms with Crippen LogP contribution >= 0.6 is 0 Å². The van der Waals surface area contributed by atoms with Crippen LogP contribution in [0.15, 0.2) is 49.1 Å². The van der Waals surface area contributed by atoms with Crippen LogP contribution in [0.1, 0.15) is 17.5 Å². The molecule has 3 rings (SSSR count). The van der Waals surface area contributed by atoms with E-state index in [0.717, 1.165) is 12.5 Å². The van der Waals surface area contributed by atoms with Crippen LogP contribution in [0.2, 0.25) is 0 Å². The average Bonchev–Trinajstić information content (AvgIpc) is 2.88. The topological polar surface area (TPSA) is 29.0 Å². The molecule has 1 aromatic heterocycles. The molecule has 0 spiro atoms. The monoisotopic (exact) mass is 253 g/mol. The molecule has 0 bridgehead atoms. The summed E-state index contributed by atoms with van der Waals surface area (Å²) in [4.78, 5) is 10.7. The Balaban J connectivity index is 1.53. The molecule has 2 heterocycles. The van der Waals surface area contributed by atoms with E-state index in [1.807, 2.05) is 12.4 Å². The Hall–Kier alpha value is -1.74. The smallest absolute Gasteiger partial charge is 0.115 e. The van der Waals surface area contributed by atoms with Gasteiger partial charge in [0.25, 0.3) is 0 Å². The summed E-state index contributed by atoms with van der Waals surface area (Å²) in [6, 6.07) is 10.8. The first-order valence-electron chi connectivity index (χ1n) is 6.90. The van der Waals surface area contributed by atoms with Gasteiger partial charge in [-0.2, -0.15) is 0 Å². The maximum Gasteiger partial charge on any atom is 0.115 e. The fourth-order valence-corrected chi connectivity index (χ4v) is 2.84. The van der Waals surface area contributed by atoms with Crippen molar-refractivity contribution in [1.29, 1.82) is 0 Å².